The lowest BCUT2D eigenvalue weighted by Crippen LogP contribution is -1.81. The van der Waals surface area contributed by atoms with Gasteiger partial charge in [-0.2, -0.15) is 10.4 Å². The summed E-state index contributed by atoms with van der Waals surface area (Å²) < 4.78 is 0. The van der Waals surface area contributed by atoms with Crippen LogP contribution in [0.1, 0.15) is 11.3 Å². The molecule has 0 atom stereocenters. The number of nitrogens with one attached hydrogen (secondary N) is 2. The number of nitriles is 1. The fraction of sp³-hybridized carbons (Fsp3) is 0. The Balaban J connectivity index is 3.17. The first-order valence-electron chi connectivity index (χ1n) is 2.32. The van der Waals surface area contributed by atoms with Crippen molar-refractivity contribution < 1.29 is 0 Å². The van der Waals surface area contributed by atoms with Gasteiger partial charge in [-0.05, 0) is 0 Å². The molecule has 9 heavy (non-hydrogen) atoms. The summed E-state index contributed by atoms with van der Waals surface area (Å²) in [6.07, 6.45) is 2.45. The van der Waals surface area contributed by atoms with E-state index in [-0.39, 0.29) is 0 Å². The third kappa shape index (κ3) is 0.795. The number of nitrogens with zero attached hydrogens (tertiary/aromatic N) is 2. The molecule has 0 amide bonds. The Morgan fingerprint density at radius 1 is 1.89 bits per heavy atom. The number of hydrogen-bond donors (Lipinski definition) is 2. The predicted molar refractivity (Wildman–Crippen MR) is 31.2 cm³/mol. The fourth-order valence-corrected chi connectivity index (χ4v) is 0.495. The Kier molecular flexibility index (Phi) is 1.28. The highest BCUT2D eigenvalue weighted by molar-refractivity contribution is 5.77. The summed E-state index contributed by atoms with van der Waals surface area (Å²) in [5, 5.41) is 21.1. The van der Waals surface area contributed by atoms with E-state index in [1.807, 2.05) is 6.07 Å². The van der Waals surface area contributed by atoms with Crippen molar-refractivity contribution in [3.8, 4) is 6.07 Å². The zero-order valence-electron chi connectivity index (χ0n) is 4.55. The normalized spacial score (nSPS) is 8.33. The van der Waals surface area contributed by atoms with Crippen LogP contribution in [0.15, 0.2) is 6.20 Å². The van der Waals surface area contributed by atoms with Crippen molar-refractivity contribution in [3.63, 3.8) is 0 Å². The molecule has 0 aliphatic carbocycles. The third-order valence-electron chi connectivity index (χ3n) is 0.934. The Morgan fingerprint density at radius 2 is 2.67 bits per heavy atom. The average molecular weight is 120 g/mol. The van der Waals surface area contributed by atoms with Gasteiger partial charge in [-0.15, -0.1) is 0 Å². The lowest BCUT2D eigenvalue weighted by Gasteiger charge is -1.78. The van der Waals surface area contributed by atoms with Crippen LogP contribution in [0.4, 0.5) is 0 Å². The lowest BCUT2D eigenvalue weighted by atomic mass is 10.3. The molecule has 0 spiro atoms. The second-order valence-corrected chi connectivity index (χ2v) is 1.45. The van der Waals surface area contributed by atoms with E-state index in [4.69, 9.17) is 10.7 Å². The van der Waals surface area contributed by atoms with E-state index in [1.165, 1.54) is 6.20 Å². The molecule has 0 aromatic carbocycles. The van der Waals surface area contributed by atoms with Crippen LogP contribution in [-0.2, 0) is 0 Å². The minimum absolute atomic E-state index is 0.407. The van der Waals surface area contributed by atoms with E-state index in [9.17, 15) is 0 Å². The maximum Gasteiger partial charge on any atom is 0.103 e. The second-order valence-electron chi connectivity index (χ2n) is 1.45. The molecule has 1 rings (SSSR count). The van der Waals surface area contributed by atoms with E-state index in [0.29, 0.717) is 11.3 Å². The van der Waals surface area contributed by atoms with Gasteiger partial charge in [-0.25, -0.2) is 0 Å². The lowest BCUT2D eigenvalue weighted by molar-refractivity contribution is 1.08. The number of aromatic nitrogens is 2. The van der Waals surface area contributed by atoms with Crippen LogP contribution in [0.5, 0.6) is 0 Å². The van der Waals surface area contributed by atoms with Gasteiger partial charge in [0.15, 0.2) is 0 Å². The number of aromatic amines is 1. The number of hydrogen-bond acceptors (Lipinski definition) is 3. The molecule has 1 heterocycles. The molecule has 0 radical (unpaired) electrons. The van der Waals surface area contributed by atoms with Crippen LogP contribution in [0.2, 0.25) is 0 Å². The van der Waals surface area contributed by atoms with Crippen molar-refractivity contribution in [3.05, 3.63) is 17.5 Å². The van der Waals surface area contributed by atoms with Gasteiger partial charge in [0, 0.05) is 6.21 Å². The second kappa shape index (κ2) is 2.09. The Morgan fingerprint density at radius 3 is 3.11 bits per heavy atom. The van der Waals surface area contributed by atoms with Crippen molar-refractivity contribution in [1.82, 2.24) is 10.2 Å². The molecule has 4 nitrogen and oxygen atoms in total. The van der Waals surface area contributed by atoms with Gasteiger partial charge in [0.1, 0.15) is 6.07 Å². The molecule has 0 saturated heterocycles. The maximum atomic E-state index is 8.33. The zero-order chi connectivity index (χ0) is 6.69. The molecule has 2 N–H and O–H groups in total. The van der Waals surface area contributed by atoms with Crippen LogP contribution in [0.25, 0.3) is 0 Å². The molecule has 4 heteroatoms. The molecule has 44 valence electrons. The molecule has 0 fully saturated rings. The summed E-state index contributed by atoms with van der Waals surface area (Å²) >= 11 is 0. The molecule has 0 aliphatic heterocycles. The fourth-order valence-electron chi connectivity index (χ4n) is 0.495. The molecule has 0 unspecified atom stereocenters. The van der Waals surface area contributed by atoms with Crippen molar-refractivity contribution >= 4 is 6.21 Å². The monoisotopic (exact) mass is 120 g/mol. The maximum absolute atomic E-state index is 8.33. The first-order chi connectivity index (χ1) is 4.38. The quantitative estimate of drug-likeness (QED) is 0.522. The van der Waals surface area contributed by atoms with Gasteiger partial charge in [-0.1, -0.05) is 0 Å². The Hall–Kier alpha value is -1.63. The van der Waals surface area contributed by atoms with Gasteiger partial charge in [-0.3, -0.25) is 5.10 Å². The third-order valence-corrected chi connectivity index (χ3v) is 0.934. The summed E-state index contributed by atoms with van der Waals surface area (Å²) in [7, 11) is 0. The van der Waals surface area contributed by atoms with E-state index in [1.54, 1.807) is 0 Å². The van der Waals surface area contributed by atoms with E-state index in [0.717, 1.165) is 6.21 Å². The first kappa shape index (κ1) is 5.51. The molecule has 0 aliphatic rings. The van der Waals surface area contributed by atoms with Crippen molar-refractivity contribution in [1.29, 1.82) is 10.7 Å². The smallest absolute Gasteiger partial charge is 0.103 e. The van der Waals surface area contributed by atoms with Crippen LogP contribution in [0, 0.1) is 16.7 Å². The predicted octanol–water partition coefficient (Wildman–Crippen LogP) is 0.279. The van der Waals surface area contributed by atoms with Gasteiger partial charge < -0.3 is 5.41 Å². The SMILES string of the molecule is N#Cc1cn[nH]c1C=N. The largest absolute Gasteiger partial charge is 0.306 e. The highest BCUT2D eigenvalue weighted by Crippen LogP contribution is 1.96. The van der Waals surface area contributed by atoms with E-state index < -0.39 is 0 Å². The van der Waals surface area contributed by atoms with E-state index >= 15 is 0 Å². The molecule has 1 aromatic rings. The first-order valence-corrected chi connectivity index (χ1v) is 2.32. The highest BCUT2D eigenvalue weighted by atomic mass is 15.1. The van der Waals surface area contributed by atoms with Crippen molar-refractivity contribution in [2.45, 2.75) is 0 Å². The van der Waals surface area contributed by atoms with Crippen LogP contribution < -0.4 is 0 Å². The number of H-pyrrole nitrogens is 1. The summed E-state index contributed by atoms with van der Waals surface area (Å²) in [5.41, 5.74) is 0.863. The number of rotatable bonds is 1. The van der Waals surface area contributed by atoms with E-state index in [2.05, 4.69) is 10.2 Å². The molecular formula is C5H4N4. The van der Waals surface area contributed by atoms with Crippen LogP contribution in [0.3, 0.4) is 0 Å². The van der Waals surface area contributed by atoms with Crippen molar-refractivity contribution in [2.75, 3.05) is 0 Å². The van der Waals surface area contributed by atoms with Gasteiger partial charge in [0.25, 0.3) is 0 Å². The highest BCUT2D eigenvalue weighted by Gasteiger charge is 1.97. The Labute approximate surface area is 51.6 Å². The molecule has 1 aromatic heterocycles. The topological polar surface area (TPSA) is 76.3 Å². The van der Waals surface area contributed by atoms with Crippen LogP contribution in [-0.4, -0.2) is 16.4 Å². The van der Waals surface area contributed by atoms with Gasteiger partial charge in [0.05, 0.1) is 17.5 Å². The van der Waals surface area contributed by atoms with Gasteiger partial charge >= 0.3 is 0 Å². The summed E-state index contributed by atoms with van der Waals surface area (Å²) in [5.74, 6) is 0. The minimum atomic E-state index is 0.407. The minimum Gasteiger partial charge on any atom is -0.306 e. The van der Waals surface area contributed by atoms with Crippen LogP contribution >= 0.6 is 0 Å². The summed E-state index contributed by atoms with van der Waals surface area (Å²) in [4.78, 5) is 0. The molecule has 0 saturated carbocycles. The summed E-state index contributed by atoms with van der Waals surface area (Å²) in [6, 6.07) is 1.88. The van der Waals surface area contributed by atoms with Crippen molar-refractivity contribution in [2.24, 2.45) is 0 Å². The molecule has 0 bridgehead atoms. The summed E-state index contributed by atoms with van der Waals surface area (Å²) in [6.45, 7) is 0. The van der Waals surface area contributed by atoms with Gasteiger partial charge in [0.2, 0.25) is 0 Å². The Bertz CT molecular complexity index is 254. The zero-order valence-corrected chi connectivity index (χ0v) is 4.55. The standard InChI is InChI=1S/C5H4N4/c6-1-4-3-8-9-5(4)2-7/h2-3,7H,(H,8,9). The molecular weight excluding hydrogens is 116 g/mol. The average Bonchev–Trinajstić information content (AvgIpc) is 2.33.